The van der Waals surface area contributed by atoms with Crippen molar-refractivity contribution in [2.75, 3.05) is 50.8 Å². The molecule has 1 atom stereocenters. The van der Waals surface area contributed by atoms with E-state index in [0.717, 1.165) is 47.8 Å². The summed E-state index contributed by atoms with van der Waals surface area (Å²) >= 11 is 3.42. The van der Waals surface area contributed by atoms with Crippen molar-refractivity contribution in [3.63, 3.8) is 0 Å². The highest BCUT2D eigenvalue weighted by molar-refractivity contribution is 9.10. The number of benzene rings is 2. The molecule has 2 aromatic rings. The third kappa shape index (κ3) is 9.29. The van der Waals surface area contributed by atoms with Gasteiger partial charge in [-0.2, -0.15) is 0 Å². The number of carboxylic acid groups (broad SMARTS) is 2. The topological polar surface area (TPSA) is 120 Å². The van der Waals surface area contributed by atoms with E-state index in [0.29, 0.717) is 19.8 Å². The zero-order chi connectivity index (χ0) is 24.2. The van der Waals surface area contributed by atoms with Crippen LogP contribution in [0.4, 0.5) is 5.69 Å². The van der Waals surface area contributed by atoms with Gasteiger partial charge >= 0.3 is 11.9 Å². The van der Waals surface area contributed by atoms with E-state index in [1.165, 1.54) is 0 Å². The SMILES string of the molecule is CCOc1ccccc1N1CCN(CC(O)COc2cccc(Br)c2)CC1.O=C(O)C(=O)O. The van der Waals surface area contributed by atoms with E-state index in [4.69, 9.17) is 29.3 Å². The van der Waals surface area contributed by atoms with Crippen molar-refractivity contribution in [3.05, 3.63) is 53.0 Å². The molecule has 1 fully saturated rings. The summed E-state index contributed by atoms with van der Waals surface area (Å²) in [6.07, 6.45) is -0.508. The van der Waals surface area contributed by atoms with Crippen LogP contribution >= 0.6 is 15.9 Å². The summed E-state index contributed by atoms with van der Waals surface area (Å²) < 4.78 is 12.4. The molecule has 1 aliphatic rings. The number of aliphatic hydroxyl groups excluding tert-OH is 1. The monoisotopic (exact) mass is 524 g/mol. The van der Waals surface area contributed by atoms with Crippen LogP contribution in [0.25, 0.3) is 0 Å². The fourth-order valence-electron chi connectivity index (χ4n) is 3.27. The Morgan fingerprint density at radius 1 is 1.00 bits per heavy atom. The number of aliphatic hydroxyl groups is 1. The number of β-amino-alcohol motifs (C(OH)–C–C–N with tert-alkyl or cyclic N) is 1. The molecule has 0 amide bonds. The lowest BCUT2D eigenvalue weighted by atomic mass is 10.2. The predicted molar refractivity (Wildman–Crippen MR) is 127 cm³/mol. The molecule has 3 rings (SSSR count). The summed E-state index contributed by atoms with van der Waals surface area (Å²) in [6, 6.07) is 15.9. The summed E-state index contributed by atoms with van der Waals surface area (Å²) in [5.74, 6) is -1.94. The van der Waals surface area contributed by atoms with Crippen molar-refractivity contribution >= 4 is 33.6 Å². The number of ether oxygens (including phenoxy) is 2. The zero-order valence-electron chi connectivity index (χ0n) is 18.4. The standard InChI is InChI=1S/C21H27BrN2O3.C2H2O4/c1-2-26-21-9-4-3-8-20(21)24-12-10-23(11-13-24)15-18(25)16-27-19-7-5-6-17(22)14-19;3-1(4)2(5)6/h3-9,14,18,25H,2,10-13,15-16H2,1H3;(H,3,4)(H,5,6). The van der Waals surface area contributed by atoms with E-state index in [1.807, 2.05) is 49.4 Å². The lowest BCUT2D eigenvalue weighted by Crippen LogP contribution is -2.49. The van der Waals surface area contributed by atoms with Crippen molar-refractivity contribution in [3.8, 4) is 11.5 Å². The molecule has 0 bridgehead atoms. The number of piperazine rings is 1. The van der Waals surface area contributed by atoms with Gasteiger partial charge in [0.05, 0.1) is 12.3 Å². The maximum Gasteiger partial charge on any atom is 0.414 e. The van der Waals surface area contributed by atoms with Gasteiger partial charge in [-0.15, -0.1) is 0 Å². The molecular formula is C23H29BrN2O7. The first-order valence-electron chi connectivity index (χ1n) is 10.5. The average Bonchev–Trinajstić information content (AvgIpc) is 2.79. The number of aliphatic carboxylic acids is 2. The molecule has 0 radical (unpaired) electrons. The van der Waals surface area contributed by atoms with Gasteiger partial charge in [0.15, 0.2) is 0 Å². The van der Waals surface area contributed by atoms with Crippen LogP contribution in [-0.4, -0.2) is 84.2 Å². The maximum atomic E-state index is 10.3. The third-order valence-corrected chi connectivity index (χ3v) is 5.26. The lowest BCUT2D eigenvalue weighted by molar-refractivity contribution is -0.159. The minimum absolute atomic E-state index is 0.295. The summed E-state index contributed by atoms with van der Waals surface area (Å²) in [6.45, 7) is 7.25. The zero-order valence-corrected chi connectivity index (χ0v) is 20.0. The Labute approximate surface area is 201 Å². The van der Waals surface area contributed by atoms with Crippen LogP contribution in [0.15, 0.2) is 53.0 Å². The number of anilines is 1. The largest absolute Gasteiger partial charge is 0.492 e. The van der Waals surface area contributed by atoms with E-state index < -0.39 is 18.0 Å². The molecule has 9 nitrogen and oxygen atoms in total. The Bertz CT molecular complexity index is 892. The Balaban J connectivity index is 0.000000569. The number of para-hydroxylation sites is 2. The number of hydrogen-bond acceptors (Lipinski definition) is 7. The first-order valence-corrected chi connectivity index (χ1v) is 11.3. The fourth-order valence-corrected chi connectivity index (χ4v) is 3.65. The molecule has 0 spiro atoms. The highest BCUT2D eigenvalue weighted by atomic mass is 79.9. The minimum atomic E-state index is -1.82. The van der Waals surface area contributed by atoms with E-state index in [-0.39, 0.29) is 0 Å². The van der Waals surface area contributed by atoms with Crippen LogP contribution in [-0.2, 0) is 9.59 Å². The normalized spacial score (nSPS) is 14.6. The quantitative estimate of drug-likeness (QED) is 0.447. The van der Waals surface area contributed by atoms with E-state index in [9.17, 15) is 5.11 Å². The number of hydrogen-bond donors (Lipinski definition) is 3. The van der Waals surface area contributed by atoms with Crippen LogP contribution < -0.4 is 14.4 Å². The van der Waals surface area contributed by atoms with Gasteiger partial charge in [0, 0.05) is 37.2 Å². The fraction of sp³-hybridized carbons (Fsp3) is 0.391. The number of carbonyl (C=O) groups is 2. The Morgan fingerprint density at radius 3 is 2.27 bits per heavy atom. The van der Waals surface area contributed by atoms with Crippen molar-refractivity contribution in [1.29, 1.82) is 0 Å². The molecule has 1 heterocycles. The van der Waals surface area contributed by atoms with Crippen molar-refractivity contribution < 1.29 is 34.4 Å². The van der Waals surface area contributed by atoms with Crippen molar-refractivity contribution in [2.24, 2.45) is 0 Å². The number of halogens is 1. The first kappa shape index (κ1) is 26.4. The van der Waals surface area contributed by atoms with Crippen LogP contribution in [0, 0.1) is 0 Å². The molecule has 10 heteroatoms. The molecule has 1 aliphatic heterocycles. The van der Waals surface area contributed by atoms with Gasteiger partial charge in [-0.05, 0) is 37.3 Å². The van der Waals surface area contributed by atoms with Gasteiger partial charge in [-0.25, -0.2) is 9.59 Å². The van der Waals surface area contributed by atoms with Gasteiger partial charge in [-0.1, -0.05) is 34.1 Å². The van der Waals surface area contributed by atoms with Crippen LogP contribution in [0.2, 0.25) is 0 Å². The van der Waals surface area contributed by atoms with Gasteiger partial charge in [-0.3, -0.25) is 4.90 Å². The number of nitrogens with zero attached hydrogens (tertiary/aromatic N) is 2. The molecule has 2 aromatic carbocycles. The van der Waals surface area contributed by atoms with Crippen LogP contribution in [0.5, 0.6) is 11.5 Å². The average molecular weight is 525 g/mol. The maximum absolute atomic E-state index is 10.3. The molecule has 180 valence electrons. The third-order valence-electron chi connectivity index (χ3n) is 4.77. The summed E-state index contributed by atoms with van der Waals surface area (Å²) in [4.78, 5) is 22.8. The number of carboxylic acids is 2. The number of rotatable bonds is 8. The lowest BCUT2D eigenvalue weighted by Gasteiger charge is -2.37. The molecule has 3 N–H and O–H groups in total. The molecule has 33 heavy (non-hydrogen) atoms. The Morgan fingerprint density at radius 2 is 1.67 bits per heavy atom. The molecule has 0 aliphatic carbocycles. The van der Waals surface area contributed by atoms with Gasteiger partial charge in [0.1, 0.15) is 24.2 Å². The van der Waals surface area contributed by atoms with Crippen molar-refractivity contribution in [2.45, 2.75) is 13.0 Å². The highest BCUT2D eigenvalue weighted by Crippen LogP contribution is 2.28. The molecular weight excluding hydrogens is 496 g/mol. The smallest absolute Gasteiger partial charge is 0.414 e. The summed E-state index contributed by atoms with van der Waals surface area (Å²) in [7, 11) is 0. The molecule has 1 unspecified atom stereocenters. The van der Waals surface area contributed by atoms with E-state index in [1.54, 1.807) is 0 Å². The van der Waals surface area contributed by atoms with E-state index >= 15 is 0 Å². The Hall–Kier alpha value is -2.82. The molecule has 0 saturated carbocycles. The van der Waals surface area contributed by atoms with Gasteiger partial charge < -0.3 is 29.7 Å². The van der Waals surface area contributed by atoms with Crippen LogP contribution in [0.1, 0.15) is 6.92 Å². The van der Waals surface area contributed by atoms with Gasteiger partial charge in [0.25, 0.3) is 0 Å². The summed E-state index contributed by atoms with van der Waals surface area (Å²) in [5.41, 5.74) is 1.15. The minimum Gasteiger partial charge on any atom is -0.492 e. The summed E-state index contributed by atoms with van der Waals surface area (Å²) in [5, 5.41) is 25.1. The second-order valence-corrected chi connectivity index (χ2v) is 8.14. The van der Waals surface area contributed by atoms with E-state index in [2.05, 4.69) is 31.8 Å². The first-order chi connectivity index (χ1) is 15.8. The van der Waals surface area contributed by atoms with Gasteiger partial charge in [0.2, 0.25) is 0 Å². The highest BCUT2D eigenvalue weighted by Gasteiger charge is 2.21. The second-order valence-electron chi connectivity index (χ2n) is 7.22. The van der Waals surface area contributed by atoms with Crippen LogP contribution in [0.3, 0.4) is 0 Å². The molecule has 1 saturated heterocycles. The molecule has 0 aromatic heterocycles. The Kier molecular flexibility index (Phi) is 10.9. The van der Waals surface area contributed by atoms with Crippen molar-refractivity contribution in [1.82, 2.24) is 4.90 Å². The predicted octanol–water partition coefficient (Wildman–Crippen LogP) is 2.57. The second kappa shape index (κ2) is 13.7.